The van der Waals surface area contributed by atoms with Crippen molar-refractivity contribution in [2.75, 3.05) is 13.6 Å². The van der Waals surface area contributed by atoms with E-state index in [0.29, 0.717) is 0 Å². The number of H-pyrrole nitrogens is 2. The van der Waals surface area contributed by atoms with Gasteiger partial charge >= 0.3 is 5.69 Å². The molecule has 2 rings (SSSR count). The third-order valence-electron chi connectivity index (χ3n) is 2.92. The Kier molecular flexibility index (Phi) is 3.07. The predicted octanol–water partition coefficient (Wildman–Crippen LogP) is 1.64. The van der Waals surface area contributed by atoms with E-state index < -0.39 is 0 Å². The number of aromatic nitrogens is 2. The van der Waals surface area contributed by atoms with Crippen molar-refractivity contribution in [3.8, 4) is 0 Å². The molecule has 0 aliphatic carbocycles. The van der Waals surface area contributed by atoms with Gasteiger partial charge in [0.1, 0.15) is 0 Å². The lowest BCUT2D eigenvalue weighted by atomic mass is 9.85. The molecule has 4 nitrogen and oxygen atoms in total. The summed E-state index contributed by atoms with van der Waals surface area (Å²) < 4.78 is 0. The minimum absolute atomic E-state index is 0.147. The van der Waals surface area contributed by atoms with Crippen LogP contribution in [0.4, 0.5) is 0 Å². The first-order chi connectivity index (χ1) is 8.00. The maximum Gasteiger partial charge on any atom is 0.323 e. The summed E-state index contributed by atoms with van der Waals surface area (Å²) in [4.78, 5) is 16.7. The molecule has 0 amide bonds. The lowest BCUT2D eigenvalue weighted by Gasteiger charge is -2.24. The number of benzene rings is 1. The van der Waals surface area contributed by atoms with E-state index in [4.69, 9.17) is 0 Å². The van der Waals surface area contributed by atoms with Crippen molar-refractivity contribution >= 4 is 11.0 Å². The molecule has 1 heterocycles. The Morgan fingerprint density at radius 2 is 1.94 bits per heavy atom. The van der Waals surface area contributed by atoms with Gasteiger partial charge in [-0.3, -0.25) is 0 Å². The molecule has 17 heavy (non-hydrogen) atoms. The van der Waals surface area contributed by atoms with Crippen molar-refractivity contribution in [2.24, 2.45) is 5.41 Å². The number of hydrogen-bond acceptors (Lipinski definition) is 2. The van der Waals surface area contributed by atoms with Gasteiger partial charge in [-0.05, 0) is 36.6 Å². The Balaban J connectivity index is 2.27. The van der Waals surface area contributed by atoms with Crippen LogP contribution >= 0.6 is 0 Å². The topological polar surface area (TPSA) is 60.7 Å². The van der Waals surface area contributed by atoms with Crippen LogP contribution in [-0.2, 0) is 6.42 Å². The highest BCUT2D eigenvalue weighted by molar-refractivity contribution is 5.75. The van der Waals surface area contributed by atoms with Gasteiger partial charge in [-0.25, -0.2) is 4.79 Å². The second-order valence-corrected chi connectivity index (χ2v) is 5.33. The van der Waals surface area contributed by atoms with Crippen LogP contribution in [0.15, 0.2) is 23.0 Å². The molecule has 4 heteroatoms. The fourth-order valence-electron chi connectivity index (χ4n) is 2.28. The zero-order valence-corrected chi connectivity index (χ0v) is 10.6. The Hall–Kier alpha value is -1.55. The fourth-order valence-corrected chi connectivity index (χ4v) is 2.28. The van der Waals surface area contributed by atoms with Crippen LogP contribution in [0.5, 0.6) is 0 Å². The monoisotopic (exact) mass is 233 g/mol. The van der Waals surface area contributed by atoms with E-state index in [1.807, 2.05) is 19.2 Å². The molecule has 0 radical (unpaired) electrons. The van der Waals surface area contributed by atoms with Gasteiger partial charge in [0.2, 0.25) is 0 Å². The van der Waals surface area contributed by atoms with Crippen molar-refractivity contribution in [2.45, 2.75) is 20.3 Å². The van der Waals surface area contributed by atoms with Crippen molar-refractivity contribution < 1.29 is 0 Å². The molecule has 0 spiro atoms. The number of aromatic amines is 2. The Bertz CT molecular complexity index is 565. The molecule has 2 aromatic rings. The van der Waals surface area contributed by atoms with Crippen LogP contribution in [0.3, 0.4) is 0 Å². The van der Waals surface area contributed by atoms with Gasteiger partial charge in [0.25, 0.3) is 0 Å². The molecule has 0 bridgehead atoms. The molecule has 1 aromatic carbocycles. The maximum absolute atomic E-state index is 11.2. The highest BCUT2D eigenvalue weighted by atomic mass is 16.1. The van der Waals surface area contributed by atoms with Gasteiger partial charge in [0.15, 0.2) is 0 Å². The average molecular weight is 233 g/mol. The summed E-state index contributed by atoms with van der Waals surface area (Å²) in [6.07, 6.45) is 0.983. The first-order valence-corrected chi connectivity index (χ1v) is 5.86. The van der Waals surface area contributed by atoms with Crippen molar-refractivity contribution in [1.29, 1.82) is 0 Å². The number of imidazole rings is 1. The summed E-state index contributed by atoms with van der Waals surface area (Å²) in [5.74, 6) is 0. The molecule has 92 valence electrons. The summed E-state index contributed by atoms with van der Waals surface area (Å²) in [5.41, 5.74) is 3.05. The van der Waals surface area contributed by atoms with E-state index in [-0.39, 0.29) is 11.1 Å². The first-order valence-electron chi connectivity index (χ1n) is 5.86. The van der Waals surface area contributed by atoms with E-state index in [2.05, 4.69) is 35.2 Å². The summed E-state index contributed by atoms with van der Waals surface area (Å²) in [5, 5.41) is 3.21. The molecule has 0 aliphatic rings. The minimum Gasteiger partial charge on any atom is -0.319 e. The van der Waals surface area contributed by atoms with Crippen LogP contribution in [0.2, 0.25) is 0 Å². The van der Waals surface area contributed by atoms with Crippen LogP contribution in [-0.4, -0.2) is 23.6 Å². The second-order valence-electron chi connectivity index (χ2n) is 5.33. The average Bonchev–Trinajstić information content (AvgIpc) is 2.56. The van der Waals surface area contributed by atoms with Gasteiger partial charge in [0.05, 0.1) is 11.0 Å². The lowest BCUT2D eigenvalue weighted by molar-refractivity contribution is 0.350. The fraction of sp³-hybridized carbons (Fsp3) is 0.462. The number of hydrogen-bond donors (Lipinski definition) is 3. The second kappa shape index (κ2) is 4.37. The molecular formula is C13H19N3O. The van der Waals surface area contributed by atoms with Crippen LogP contribution in [0, 0.1) is 5.41 Å². The smallest absolute Gasteiger partial charge is 0.319 e. The molecule has 0 fully saturated rings. The maximum atomic E-state index is 11.2. The number of rotatable bonds is 4. The first kappa shape index (κ1) is 11.9. The normalized spacial score (nSPS) is 12.2. The zero-order valence-electron chi connectivity index (χ0n) is 10.6. The molecule has 1 aromatic heterocycles. The van der Waals surface area contributed by atoms with Crippen LogP contribution in [0.1, 0.15) is 19.4 Å². The van der Waals surface area contributed by atoms with E-state index in [1.165, 1.54) is 5.56 Å². The van der Waals surface area contributed by atoms with E-state index in [0.717, 1.165) is 24.0 Å². The van der Waals surface area contributed by atoms with Crippen molar-refractivity contribution in [3.63, 3.8) is 0 Å². The van der Waals surface area contributed by atoms with Gasteiger partial charge in [-0.1, -0.05) is 19.9 Å². The third-order valence-corrected chi connectivity index (χ3v) is 2.92. The molecule has 0 aliphatic heterocycles. The van der Waals surface area contributed by atoms with Gasteiger partial charge in [-0.2, -0.15) is 0 Å². The molecule has 0 atom stereocenters. The summed E-state index contributed by atoms with van der Waals surface area (Å²) in [7, 11) is 1.97. The van der Waals surface area contributed by atoms with Gasteiger partial charge in [-0.15, -0.1) is 0 Å². The van der Waals surface area contributed by atoms with Crippen LogP contribution in [0.25, 0.3) is 11.0 Å². The summed E-state index contributed by atoms with van der Waals surface area (Å²) in [6, 6.07) is 6.08. The predicted molar refractivity (Wildman–Crippen MR) is 70.3 cm³/mol. The highest BCUT2D eigenvalue weighted by Crippen LogP contribution is 2.22. The molecule has 3 N–H and O–H groups in total. The molecule has 0 saturated carbocycles. The molecular weight excluding hydrogens is 214 g/mol. The van der Waals surface area contributed by atoms with E-state index in [9.17, 15) is 4.79 Å². The molecule has 0 saturated heterocycles. The van der Waals surface area contributed by atoms with E-state index in [1.54, 1.807) is 0 Å². The van der Waals surface area contributed by atoms with Gasteiger partial charge < -0.3 is 15.3 Å². The minimum atomic E-state index is -0.147. The largest absolute Gasteiger partial charge is 0.323 e. The van der Waals surface area contributed by atoms with Crippen molar-refractivity contribution in [1.82, 2.24) is 15.3 Å². The summed E-state index contributed by atoms with van der Waals surface area (Å²) >= 11 is 0. The Morgan fingerprint density at radius 3 is 2.65 bits per heavy atom. The Morgan fingerprint density at radius 1 is 1.24 bits per heavy atom. The standard InChI is InChI=1S/C13H19N3O/c1-13(2,8-14-3)7-9-4-5-10-11(6-9)16-12(17)15-10/h4-6,14H,7-8H2,1-3H3,(H2,15,16,17). The quantitative estimate of drug-likeness (QED) is 0.752. The summed E-state index contributed by atoms with van der Waals surface area (Å²) in [6.45, 7) is 5.43. The lowest BCUT2D eigenvalue weighted by Crippen LogP contribution is -2.28. The molecule has 0 unspecified atom stereocenters. The third kappa shape index (κ3) is 2.77. The zero-order chi connectivity index (χ0) is 12.5. The van der Waals surface area contributed by atoms with Crippen LogP contribution < -0.4 is 11.0 Å². The Labute approximate surface area is 100 Å². The number of nitrogens with one attached hydrogen (secondary N) is 3. The SMILES string of the molecule is CNCC(C)(C)Cc1ccc2[nH]c(=O)[nH]c2c1. The van der Waals surface area contributed by atoms with Gasteiger partial charge in [0, 0.05) is 6.54 Å². The highest BCUT2D eigenvalue weighted by Gasteiger charge is 2.17. The van der Waals surface area contributed by atoms with Crippen molar-refractivity contribution in [3.05, 3.63) is 34.2 Å². The van der Waals surface area contributed by atoms with E-state index >= 15 is 0 Å². The number of fused-ring (bicyclic) bond motifs is 1.